The van der Waals surface area contributed by atoms with E-state index in [1.807, 2.05) is 11.8 Å². The van der Waals surface area contributed by atoms with Gasteiger partial charge in [-0.2, -0.15) is 0 Å². The minimum Gasteiger partial charge on any atom is -0.339 e. The zero-order valence-electron chi connectivity index (χ0n) is 11.0. The quantitative estimate of drug-likeness (QED) is 0.645. The van der Waals surface area contributed by atoms with Gasteiger partial charge in [0.1, 0.15) is 0 Å². The van der Waals surface area contributed by atoms with Crippen LogP contribution < -0.4 is 5.73 Å². The summed E-state index contributed by atoms with van der Waals surface area (Å²) in [5.74, 6) is 0.215. The largest absolute Gasteiger partial charge is 0.339 e. The van der Waals surface area contributed by atoms with E-state index in [1.165, 1.54) is 0 Å². The number of rotatable bonds is 8. The van der Waals surface area contributed by atoms with Gasteiger partial charge < -0.3 is 10.6 Å². The first-order valence-corrected chi connectivity index (χ1v) is 6.05. The monoisotopic (exact) mass is 226 g/mol. The van der Waals surface area contributed by atoms with Gasteiger partial charge in [0.25, 0.3) is 0 Å². The first-order valence-electron chi connectivity index (χ1n) is 6.05. The predicted octanol–water partition coefficient (Wildman–Crippen LogP) is 2.18. The third-order valence-electron chi connectivity index (χ3n) is 2.92. The standard InChI is InChI=1S/C13H26N2O/c1-5-11-15(6-2)12(16)7-8-13(3,4)9-10-14/h5H,1,6-11,14H2,2-4H3. The number of hydrogen-bond acceptors (Lipinski definition) is 2. The summed E-state index contributed by atoms with van der Waals surface area (Å²) in [6.45, 7) is 12.1. The van der Waals surface area contributed by atoms with Crippen molar-refractivity contribution in [3.63, 3.8) is 0 Å². The van der Waals surface area contributed by atoms with Crippen LogP contribution >= 0.6 is 0 Å². The van der Waals surface area contributed by atoms with Gasteiger partial charge in [0, 0.05) is 19.5 Å². The van der Waals surface area contributed by atoms with Crippen molar-refractivity contribution in [2.75, 3.05) is 19.6 Å². The lowest BCUT2D eigenvalue weighted by Gasteiger charge is -2.25. The molecule has 0 aromatic carbocycles. The zero-order chi connectivity index (χ0) is 12.6. The Bertz CT molecular complexity index is 224. The third kappa shape index (κ3) is 5.91. The second-order valence-electron chi connectivity index (χ2n) is 4.92. The molecule has 0 atom stereocenters. The highest BCUT2D eigenvalue weighted by molar-refractivity contribution is 5.76. The smallest absolute Gasteiger partial charge is 0.222 e. The fraction of sp³-hybridized carbons (Fsp3) is 0.769. The van der Waals surface area contributed by atoms with Crippen molar-refractivity contribution in [2.24, 2.45) is 11.1 Å². The number of carbonyl (C=O) groups is 1. The molecule has 0 saturated heterocycles. The normalized spacial score (nSPS) is 11.2. The van der Waals surface area contributed by atoms with Crippen LogP contribution in [0.4, 0.5) is 0 Å². The molecule has 0 saturated carbocycles. The lowest BCUT2D eigenvalue weighted by Crippen LogP contribution is -2.32. The van der Waals surface area contributed by atoms with Crippen molar-refractivity contribution in [1.29, 1.82) is 0 Å². The Labute approximate surface area is 99.7 Å². The predicted molar refractivity (Wildman–Crippen MR) is 69.1 cm³/mol. The van der Waals surface area contributed by atoms with Crippen LogP contribution in [0.1, 0.15) is 40.0 Å². The molecule has 0 unspecified atom stereocenters. The second-order valence-corrected chi connectivity index (χ2v) is 4.92. The molecule has 0 aliphatic rings. The molecule has 16 heavy (non-hydrogen) atoms. The van der Waals surface area contributed by atoms with Crippen molar-refractivity contribution in [1.82, 2.24) is 4.90 Å². The Morgan fingerprint density at radius 3 is 2.50 bits per heavy atom. The van der Waals surface area contributed by atoms with Gasteiger partial charge in [0.05, 0.1) is 0 Å². The molecule has 94 valence electrons. The molecule has 0 radical (unpaired) electrons. The molecule has 0 aliphatic carbocycles. The van der Waals surface area contributed by atoms with Gasteiger partial charge in [-0.15, -0.1) is 6.58 Å². The van der Waals surface area contributed by atoms with E-state index in [1.54, 1.807) is 6.08 Å². The summed E-state index contributed by atoms with van der Waals surface area (Å²) in [6, 6.07) is 0. The molecule has 0 aromatic heterocycles. The van der Waals surface area contributed by atoms with Gasteiger partial charge >= 0.3 is 0 Å². The molecule has 0 bridgehead atoms. The molecule has 3 nitrogen and oxygen atoms in total. The number of carbonyl (C=O) groups excluding carboxylic acids is 1. The summed E-state index contributed by atoms with van der Waals surface area (Å²) in [6.07, 6.45) is 4.24. The van der Waals surface area contributed by atoms with Gasteiger partial charge in [-0.1, -0.05) is 19.9 Å². The van der Waals surface area contributed by atoms with Crippen molar-refractivity contribution >= 4 is 5.91 Å². The Morgan fingerprint density at radius 1 is 1.44 bits per heavy atom. The average Bonchev–Trinajstić information content (AvgIpc) is 2.22. The lowest BCUT2D eigenvalue weighted by atomic mass is 9.84. The third-order valence-corrected chi connectivity index (χ3v) is 2.92. The van der Waals surface area contributed by atoms with Crippen molar-refractivity contribution in [2.45, 2.75) is 40.0 Å². The summed E-state index contributed by atoms with van der Waals surface area (Å²) in [5, 5.41) is 0. The summed E-state index contributed by atoms with van der Waals surface area (Å²) in [7, 11) is 0. The minimum absolute atomic E-state index is 0.165. The fourth-order valence-electron chi connectivity index (χ4n) is 1.68. The van der Waals surface area contributed by atoms with Crippen LogP contribution in [-0.4, -0.2) is 30.4 Å². The SMILES string of the molecule is C=CCN(CC)C(=O)CCC(C)(C)CCN. The number of nitrogens with two attached hydrogens (primary N) is 1. The molecule has 0 heterocycles. The van der Waals surface area contributed by atoms with E-state index < -0.39 is 0 Å². The summed E-state index contributed by atoms with van der Waals surface area (Å²) in [4.78, 5) is 13.7. The van der Waals surface area contributed by atoms with Gasteiger partial charge in [-0.25, -0.2) is 0 Å². The van der Waals surface area contributed by atoms with Crippen LogP contribution in [0.2, 0.25) is 0 Å². The van der Waals surface area contributed by atoms with Crippen LogP contribution in [0.5, 0.6) is 0 Å². The molecule has 2 N–H and O–H groups in total. The maximum atomic E-state index is 11.9. The Kier molecular flexibility index (Phi) is 7.06. The van der Waals surface area contributed by atoms with E-state index in [0.29, 0.717) is 19.5 Å². The first kappa shape index (κ1) is 15.2. The maximum Gasteiger partial charge on any atom is 0.222 e. The molecule has 0 spiro atoms. The van der Waals surface area contributed by atoms with E-state index >= 15 is 0 Å². The molecule has 3 heteroatoms. The van der Waals surface area contributed by atoms with Crippen molar-refractivity contribution in [3.8, 4) is 0 Å². The molecule has 0 aromatic rings. The van der Waals surface area contributed by atoms with Crippen LogP contribution in [-0.2, 0) is 4.79 Å². The van der Waals surface area contributed by atoms with Crippen LogP contribution in [0.15, 0.2) is 12.7 Å². The van der Waals surface area contributed by atoms with Crippen LogP contribution in [0, 0.1) is 5.41 Å². The Hall–Kier alpha value is -0.830. The number of hydrogen-bond donors (Lipinski definition) is 1. The highest BCUT2D eigenvalue weighted by Crippen LogP contribution is 2.26. The average molecular weight is 226 g/mol. The van der Waals surface area contributed by atoms with Crippen molar-refractivity contribution < 1.29 is 4.79 Å². The summed E-state index contributed by atoms with van der Waals surface area (Å²) >= 11 is 0. The van der Waals surface area contributed by atoms with Gasteiger partial charge in [-0.05, 0) is 31.7 Å². The minimum atomic E-state index is 0.165. The maximum absolute atomic E-state index is 11.9. The van der Waals surface area contributed by atoms with E-state index in [9.17, 15) is 4.79 Å². The topological polar surface area (TPSA) is 46.3 Å². The van der Waals surface area contributed by atoms with E-state index in [-0.39, 0.29) is 11.3 Å². The second kappa shape index (κ2) is 7.44. The Balaban J connectivity index is 4.08. The lowest BCUT2D eigenvalue weighted by molar-refractivity contribution is -0.131. The number of likely N-dealkylation sites (N-methyl/N-ethyl adjacent to an activating group) is 1. The highest BCUT2D eigenvalue weighted by Gasteiger charge is 2.19. The van der Waals surface area contributed by atoms with Crippen LogP contribution in [0.25, 0.3) is 0 Å². The van der Waals surface area contributed by atoms with Crippen LogP contribution in [0.3, 0.4) is 0 Å². The Morgan fingerprint density at radius 2 is 2.06 bits per heavy atom. The van der Waals surface area contributed by atoms with E-state index in [0.717, 1.165) is 19.4 Å². The van der Waals surface area contributed by atoms with E-state index in [4.69, 9.17) is 5.73 Å². The molecular weight excluding hydrogens is 200 g/mol. The summed E-state index contributed by atoms with van der Waals surface area (Å²) in [5.41, 5.74) is 5.71. The van der Waals surface area contributed by atoms with Gasteiger partial charge in [0.2, 0.25) is 5.91 Å². The highest BCUT2D eigenvalue weighted by atomic mass is 16.2. The molecule has 0 fully saturated rings. The molecule has 0 aliphatic heterocycles. The van der Waals surface area contributed by atoms with Crippen molar-refractivity contribution in [3.05, 3.63) is 12.7 Å². The molecule has 0 rings (SSSR count). The fourth-order valence-corrected chi connectivity index (χ4v) is 1.68. The summed E-state index contributed by atoms with van der Waals surface area (Å²) < 4.78 is 0. The number of amides is 1. The van der Waals surface area contributed by atoms with Gasteiger partial charge in [-0.3, -0.25) is 4.79 Å². The number of nitrogens with zero attached hydrogens (tertiary/aromatic N) is 1. The molecule has 1 amide bonds. The van der Waals surface area contributed by atoms with E-state index in [2.05, 4.69) is 20.4 Å². The van der Waals surface area contributed by atoms with Gasteiger partial charge in [0.15, 0.2) is 0 Å². The zero-order valence-corrected chi connectivity index (χ0v) is 11.0. The first-order chi connectivity index (χ1) is 7.46. The molecular formula is C13H26N2O.